The van der Waals surface area contributed by atoms with Gasteiger partial charge in [0, 0.05) is 11.6 Å². The van der Waals surface area contributed by atoms with E-state index in [2.05, 4.69) is 4.98 Å². The van der Waals surface area contributed by atoms with E-state index in [0.29, 0.717) is 18.7 Å². The van der Waals surface area contributed by atoms with Gasteiger partial charge in [0.05, 0.1) is 0 Å². The highest BCUT2D eigenvalue weighted by Crippen LogP contribution is 2.43. The Balaban J connectivity index is 1.86. The summed E-state index contributed by atoms with van der Waals surface area (Å²) >= 11 is 0. The maximum absolute atomic E-state index is 13.2. The van der Waals surface area contributed by atoms with E-state index in [9.17, 15) is 8.78 Å². The van der Waals surface area contributed by atoms with Crippen molar-refractivity contribution in [3.63, 3.8) is 0 Å². The van der Waals surface area contributed by atoms with Gasteiger partial charge in [0.25, 0.3) is 5.92 Å². The first-order valence-corrected chi connectivity index (χ1v) is 5.30. The van der Waals surface area contributed by atoms with Crippen molar-refractivity contribution < 1.29 is 13.5 Å². The van der Waals surface area contributed by atoms with Crippen LogP contribution in [0.1, 0.15) is 25.5 Å². The van der Waals surface area contributed by atoms with Gasteiger partial charge in [0.15, 0.2) is 12.5 Å². The molecule has 0 spiro atoms. The third kappa shape index (κ3) is 2.49. The molecule has 1 fully saturated rings. The highest BCUT2D eigenvalue weighted by Gasteiger charge is 2.47. The summed E-state index contributed by atoms with van der Waals surface area (Å²) < 4.78 is 31.5. The summed E-state index contributed by atoms with van der Waals surface area (Å²) in [6, 6.07) is 3.55. The smallest absolute Gasteiger partial charge is 0.284 e. The molecule has 1 aromatic heterocycles. The van der Waals surface area contributed by atoms with Gasteiger partial charge in [0.2, 0.25) is 0 Å². The Hall–Kier alpha value is -1.06. The summed E-state index contributed by atoms with van der Waals surface area (Å²) in [6.45, 7) is 1.48. The Morgan fingerprint density at radius 3 is 2.73 bits per heavy atom. The summed E-state index contributed by atoms with van der Waals surface area (Å²) in [5.74, 6) is -2.69. The predicted octanol–water partition coefficient (Wildman–Crippen LogP) is 3.00. The second-order valence-electron chi connectivity index (χ2n) is 4.03. The number of hydrogen-bond donors (Lipinski definition) is 1. The molecule has 0 amide bonds. The molecule has 0 atom stereocenters. The van der Waals surface area contributed by atoms with Crippen LogP contribution in [-0.4, -0.2) is 17.5 Å². The molecule has 1 aliphatic carbocycles. The van der Waals surface area contributed by atoms with Gasteiger partial charge >= 0.3 is 0 Å². The number of H-pyrrole nitrogens is 1. The molecule has 1 saturated carbocycles. The van der Waals surface area contributed by atoms with Crippen LogP contribution in [0.5, 0.6) is 5.88 Å². The van der Waals surface area contributed by atoms with Gasteiger partial charge in [0.1, 0.15) is 0 Å². The van der Waals surface area contributed by atoms with Crippen LogP contribution in [0.2, 0.25) is 0 Å². The highest BCUT2D eigenvalue weighted by atomic mass is 19.3. The van der Waals surface area contributed by atoms with E-state index in [4.69, 9.17) is 4.74 Å². The van der Waals surface area contributed by atoms with E-state index in [0.717, 1.165) is 12.1 Å². The Labute approximate surface area is 87.6 Å². The molecule has 0 aliphatic heterocycles. The van der Waals surface area contributed by atoms with Crippen LogP contribution in [0.4, 0.5) is 8.78 Å². The zero-order chi connectivity index (χ0) is 10.9. The molecule has 4 heteroatoms. The number of aromatic nitrogens is 1. The summed E-state index contributed by atoms with van der Waals surface area (Å²) in [5, 5.41) is 0. The third-order valence-electron chi connectivity index (χ3n) is 2.70. The highest BCUT2D eigenvalue weighted by molar-refractivity contribution is 5.18. The van der Waals surface area contributed by atoms with E-state index < -0.39 is 18.4 Å². The fourth-order valence-electron chi connectivity index (χ4n) is 1.51. The fraction of sp³-hybridized carbons (Fsp3) is 0.636. The number of ether oxygens (including phenoxy) is 1. The maximum Gasteiger partial charge on any atom is 0.284 e. The number of hydrogen-bond acceptors (Lipinski definition) is 1. The van der Waals surface area contributed by atoms with Gasteiger partial charge in [-0.3, -0.25) is 0 Å². The number of aromatic amines is 1. The lowest BCUT2D eigenvalue weighted by Crippen LogP contribution is -2.28. The van der Waals surface area contributed by atoms with E-state index in [1.165, 1.54) is 0 Å². The summed E-state index contributed by atoms with van der Waals surface area (Å²) in [7, 11) is 0. The number of halogens is 2. The maximum atomic E-state index is 13.2. The number of aryl methyl sites for hydroxylation is 1. The zero-order valence-electron chi connectivity index (χ0n) is 8.72. The lowest BCUT2D eigenvalue weighted by atomic mass is 10.2. The van der Waals surface area contributed by atoms with Crippen molar-refractivity contribution in [1.82, 2.24) is 4.98 Å². The molecule has 15 heavy (non-hydrogen) atoms. The first kappa shape index (κ1) is 10.5. The quantitative estimate of drug-likeness (QED) is 0.802. The minimum atomic E-state index is -2.67. The average Bonchev–Trinajstić information content (AvgIpc) is 2.96. The summed E-state index contributed by atoms with van der Waals surface area (Å²) in [5.41, 5.74) is 1.000. The van der Waals surface area contributed by atoms with Crippen LogP contribution in [-0.2, 0) is 6.42 Å². The van der Waals surface area contributed by atoms with Crippen molar-refractivity contribution in [3.05, 3.63) is 17.8 Å². The molecule has 84 valence electrons. The molecule has 0 unspecified atom stereocenters. The lowest BCUT2D eigenvalue weighted by Gasteiger charge is -2.15. The minimum Gasteiger partial charge on any atom is -0.473 e. The summed E-state index contributed by atoms with van der Waals surface area (Å²) in [6.07, 6.45) is 2.10. The van der Waals surface area contributed by atoms with Gasteiger partial charge < -0.3 is 9.72 Å². The van der Waals surface area contributed by atoms with Gasteiger partial charge in [-0.05, 0) is 31.4 Å². The molecule has 1 aliphatic rings. The minimum absolute atomic E-state index is 0.437. The van der Waals surface area contributed by atoms with Crippen LogP contribution < -0.4 is 4.74 Å². The van der Waals surface area contributed by atoms with Crippen molar-refractivity contribution in [2.24, 2.45) is 5.92 Å². The van der Waals surface area contributed by atoms with E-state index in [-0.39, 0.29) is 0 Å². The zero-order valence-corrected chi connectivity index (χ0v) is 8.72. The molecule has 2 nitrogen and oxygen atoms in total. The fourth-order valence-corrected chi connectivity index (χ4v) is 1.51. The van der Waals surface area contributed by atoms with Gasteiger partial charge in [-0.2, -0.15) is 0 Å². The molecule has 1 aromatic rings. The number of alkyl halides is 2. The molecule has 0 radical (unpaired) electrons. The lowest BCUT2D eigenvalue weighted by molar-refractivity contribution is -0.0611. The van der Waals surface area contributed by atoms with E-state index in [1.54, 1.807) is 6.07 Å². The van der Waals surface area contributed by atoms with E-state index >= 15 is 0 Å². The first-order valence-electron chi connectivity index (χ1n) is 5.30. The summed E-state index contributed by atoms with van der Waals surface area (Å²) in [4.78, 5) is 2.94. The molecular formula is C11H15F2NO. The average molecular weight is 215 g/mol. The molecule has 0 aromatic carbocycles. The SMILES string of the molecule is CCc1ccc(OCC(F)(F)C2CC2)[nH]1. The van der Waals surface area contributed by atoms with Gasteiger partial charge in [-0.25, -0.2) is 8.78 Å². The van der Waals surface area contributed by atoms with Crippen LogP contribution in [0, 0.1) is 5.92 Å². The van der Waals surface area contributed by atoms with Crippen LogP contribution in [0.25, 0.3) is 0 Å². The Kier molecular flexibility index (Phi) is 2.67. The predicted molar refractivity (Wildman–Crippen MR) is 53.3 cm³/mol. The van der Waals surface area contributed by atoms with Gasteiger partial charge in [-0.1, -0.05) is 6.92 Å². The van der Waals surface area contributed by atoms with Gasteiger partial charge in [-0.15, -0.1) is 0 Å². The molecule has 1 N–H and O–H groups in total. The first-order chi connectivity index (χ1) is 7.12. The third-order valence-corrected chi connectivity index (χ3v) is 2.70. The Morgan fingerprint density at radius 2 is 2.20 bits per heavy atom. The Morgan fingerprint density at radius 1 is 1.47 bits per heavy atom. The van der Waals surface area contributed by atoms with Crippen molar-refractivity contribution in [1.29, 1.82) is 0 Å². The van der Waals surface area contributed by atoms with Crippen molar-refractivity contribution in [2.45, 2.75) is 32.1 Å². The number of nitrogens with one attached hydrogen (secondary N) is 1. The topological polar surface area (TPSA) is 25.0 Å². The molecule has 0 bridgehead atoms. The van der Waals surface area contributed by atoms with Crippen LogP contribution in [0.3, 0.4) is 0 Å². The Bertz CT molecular complexity index is 331. The second kappa shape index (κ2) is 3.83. The second-order valence-corrected chi connectivity index (χ2v) is 4.03. The van der Waals surface area contributed by atoms with Crippen molar-refractivity contribution >= 4 is 0 Å². The van der Waals surface area contributed by atoms with E-state index in [1.807, 2.05) is 13.0 Å². The molecule has 0 saturated heterocycles. The standard InChI is InChI=1S/C11H15F2NO/c1-2-9-5-6-10(14-9)15-7-11(12,13)8-3-4-8/h5-6,8,14H,2-4,7H2,1H3. The largest absolute Gasteiger partial charge is 0.473 e. The van der Waals surface area contributed by atoms with Crippen molar-refractivity contribution in [2.75, 3.05) is 6.61 Å². The van der Waals surface area contributed by atoms with Crippen LogP contribution in [0.15, 0.2) is 12.1 Å². The van der Waals surface area contributed by atoms with Crippen molar-refractivity contribution in [3.8, 4) is 5.88 Å². The molecular weight excluding hydrogens is 200 g/mol. The normalized spacial score (nSPS) is 16.7. The van der Waals surface area contributed by atoms with Crippen LogP contribution >= 0.6 is 0 Å². The molecule has 1 heterocycles. The molecule has 2 rings (SSSR count). The monoisotopic (exact) mass is 215 g/mol. The number of rotatable bonds is 5.